The molecular weight excluding hydrogens is 442 g/mol. The first-order chi connectivity index (χ1) is 17.2. The molecule has 0 bridgehead atoms. The van der Waals surface area contributed by atoms with Gasteiger partial charge in [0.1, 0.15) is 19.3 Å². The molecule has 0 spiro atoms. The number of fused-ring (bicyclic) bond motifs is 1. The maximum absolute atomic E-state index is 12.3. The molecule has 184 valence electrons. The fourth-order valence-electron chi connectivity index (χ4n) is 5.39. The Morgan fingerprint density at radius 2 is 1.83 bits per heavy atom. The number of rotatable bonds is 8. The van der Waals surface area contributed by atoms with Gasteiger partial charge in [-0.05, 0) is 68.8 Å². The number of nitrogens with zero attached hydrogens (tertiary/aromatic N) is 3. The van der Waals surface area contributed by atoms with E-state index in [1.165, 1.54) is 18.4 Å². The average molecular weight is 476 g/mol. The van der Waals surface area contributed by atoms with Crippen LogP contribution in [0.1, 0.15) is 36.8 Å². The molecule has 0 aromatic heterocycles. The van der Waals surface area contributed by atoms with Gasteiger partial charge in [-0.2, -0.15) is 5.26 Å². The van der Waals surface area contributed by atoms with Gasteiger partial charge in [0.2, 0.25) is 0 Å². The predicted molar refractivity (Wildman–Crippen MR) is 131 cm³/mol. The first-order valence-corrected chi connectivity index (χ1v) is 12.7. The number of carbonyl (C=O) groups is 1. The fraction of sp³-hybridized carbons (Fsp3) is 0.500. The Balaban J connectivity index is 1.03. The van der Waals surface area contributed by atoms with Crippen LogP contribution in [-0.2, 0) is 11.2 Å². The van der Waals surface area contributed by atoms with E-state index in [2.05, 4.69) is 23.1 Å². The molecule has 2 saturated heterocycles. The molecule has 7 heteroatoms. The summed E-state index contributed by atoms with van der Waals surface area (Å²) in [5.74, 6) is 2.08. The number of ether oxygens (including phenoxy) is 3. The highest BCUT2D eigenvalue weighted by molar-refractivity contribution is 5.70. The Bertz CT molecular complexity index is 1050. The third-order valence-electron chi connectivity index (χ3n) is 7.36. The molecule has 0 saturated carbocycles. The van der Waals surface area contributed by atoms with Gasteiger partial charge in [-0.1, -0.05) is 30.3 Å². The second kappa shape index (κ2) is 11.0. The monoisotopic (exact) mass is 475 g/mol. The summed E-state index contributed by atoms with van der Waals surface area (Å²) in [6, 6.07) is 17.9. The standard InChI is InChI=1S/C28H33N3O4/c29-17-23-8-9-26-27(16-23)35-25(20-33-26)18-30-13-10-21(11-14-30)7-4-12-31-24(19-34-28(31)32)15-22-5-2-1-3-6-22/h1-3,5-6,8-9,16,21,24-25H,4,7,10-15,18-20H2/t24-,25-/m0/s1. The van der Waals surface area contributed by atoms with E-state index in [9.17, 15) is 4.79 Å². The summed E-state index contributed by atoms with van der Waals surface area (Å²) in [6.45, 7) is 4.74. The van der Waals surface area contributed by atoms with Crippen LogP contribution in [0.25, 0.3) is 0 Å². The van der Waals surface area contributed by atoms with Crippen molar-refractivity contribution >= 4 is 6.09 Å². The van der Waals surface area contributed by atoms with Crippen molar-refractivity contribution in [3.05, 3.63) is 59.7 Å². The van der Waals surface area contributed by atoms with Crippen LogP contribution in [0, 0.1) is 17.2 Å². The second-order valence-corrected chi connectivity index (χ2v) is 9.82. The van der Waals surface area contributed by atoms with Crippen molar-refractivity contribution in [3.63, 3.8) is 0 Å². The van der Waals surface area contributed by atoms with E-state index in [4.69, 9.17) is 19.5 Å². The number of hydrogen-bond donors (Lipinski definition) is 0. The molecule has 35 heavy (non-hydrogen) atoms. The summed E-state index contributed by atoms with van der Waals surface area (Å²) in [6.07, 6.45) is 5.15. The predicted octanol–water partition coefficient (Wildman–Crippen LogP) is 4.25. The van der Waals surface area contributed by atoms with Gasteiger partial charge < -0.3 is 19.1 Å². The quantitative estimate of drug-likeness (QED) is 0.568. The number of piperidine rings is 1. The zero-order valence-electron chi connectivity index (χ0n) is 20.1. The van der Waals surface area contributed by atoms with E-state index in [1.54, 1.807) is 18.2 Å². The van der Waals surface area contributed by atoms with Crippen molar-refractivity contribution in [3.8, 4) is 17.6 Å². The lowest BCUT2D eigenvalue weighted by Crippen LogP contribution is -2.44. The molecule has 2 aromatic carbocycles. The minimum Gasteiger partial charge on any atom is -0.486 e. The van der Waals surface area contributed by atoms with Crippen LogP contribution in [-0.4, -0.2) is 67.4 Å². The van der Waals surface area contributed by atoms with Gasteiger partial charge in [0.05, 0.1) is 17.7 Å². The minimum absolute atomic E-state index is 0.0179. The highest BCUT2D eigenvalue weighted by atomic mass is 16.6. The third kappa shape index (κ3) is 5.88. The van der Waals surface area contributed by atoms with Crippen LogP contribution in [0.4, 0.5) is 4.79 Å². The van der Waals surface area contributed by atoms with Crippen molar-refractivity contribution < 1.29 is 19.0 Å². The second-order valence-electron chi connectivity index (χ2n) is 9.82. The molecule has 0 N–H and O–H groups in total. The Morgan fingerprint density at radius 3 is 2.63 bits per heavy atom. The topological polar surface area (TPSA) is 75.0 Å². The van der Waals surface area contributed by atoms with Crippen molar-refractivity contribution in [1.82, 2.24) is 9.80 Å². The van der Waals surface area contributed by atoms with E-state index >= 15 is 0 Å². The summed E-state index contributed by atoms with van der Waals surface area (Å²) >= 11 is 0. The van der Waals surface area contributed by atoms with Crippen LogP contribution in [0.2, 0.25) is 0 Å². The lowest BCUT2D eigenvalue weighted by molar-refractivity contribution is 0.0469. The lowest BCUT2D eigenvalue weighted by Gasteiger charge is -2.36. The van der Waals surface area contributed by atoms with Gasteiger partial charge in [-0.15, -0.1) is 0 Å². The summed E-state index contributed by atoms with van der Waals surface area (Å²) in [7, 11) is 0. The molecule has 2 fully saturated rings. The highest BCUT2D eigenvalue weighted by Crippen LogP contribution is 2.33. The molecule has 0 unspecified atom stereocenters. The Hall–Kier alpha value is -3.24. The molecule has 3 aliphatic rings. The van der Waals surface area contributed by atoms with E-state index in [0.717, 1.165) is 45.4 Å². The van der Waals surface area contributed by atoms with Crippen LogP contribution in [0.5, 0.6) is 11.5 Å². The first kappa shape index (κ1) is 23.5. The van der Waals surface area contributed by atoms with Gasteiger partial charge in [0, 0.05) is 19.2 Å². The Morgan fingerprint density at radius 1 is 1.00 bits per heavy atom. The molecule has 5 rings (SSSR count). The minimum atomic E-state index is -0.168. The smallest absolute Gasteiger partial charge is 0.410 e. The SMILES string of the molecule is N#Cc1ccc2c(c1)O[C@@H](CN1CCC(CCCN3C(=O)OC[C@@H]3Cc3ccccc3)CC1)CO2. The zero-order chi connectivity index (χ0) is 24.0. The van der Waals surface area contributed by atoms with E-state index in [-0.39, 0.29) is 18.2 Å². The summed E-state index contributed by atoms with van der Waals surface area (Å²) in [5.41, 5.74) is 1.83. The number of nitriles is 1. The van der Waals surface area contributed by atoms with E-state index < -0.39 is 0 Å². The molecular formula is C28H33N3O4. The average Bonchev–Trinajstić information content (AvgIpc) is 3.24. The molecule has 2 atom stereocenters. The molecule has 0 aliphatic carbocycles. The maximum Gasteiger partial charge on any atom is 0.410 e. The third-order valence-corrected chi connectivity index (χ3v) is 7.36. The van der Waals surface area contributed by atoms with Crippen LogP contribution < -0.4 is 9.47 Å². The number of benzene rings is 2. The fourth-order valence-corrected chi connectivity index (χ4v) is 5.39. The van der Waals surface area contributed by atoms with Crippen LogP contribution in [0.15, 0.2) is 48.5 Å². The first-order valence-electron chi connectivity index (χ1n) is 12.7. The van der Waals surface area contributed by atoms with Crippen LogP contribution in [0.3, 0.4) is 0 Å². The molecule has 3 aliphatic heterocycles. The summed E-state index contributed by atoms with van der Waals surface area (Å²) < 4.78 is 17.3. The molecule has 1 amide bonds. The molecule has 3 heterocycles. The summed E-state index contributed by atoms with van der Waals surface area (Å²) in [4.78, 5) is 16.6. The van der Waals surface area contributed by atoms with Crippen molar-refractivity contribution in [1.29, 1.82) is 5.26 Å². The van der Waals surface area contributed by atoms with Gasteiger partial charge in [0.15, 0.2) is 11.5 Å². The Kier molecular flexibility index (Phi) is 7.39. The number of hydrogen-bond acceptors (Lipinski definition) is 6. The van der Waals surface area contributed by atoms with E-state index in [0.29, 0.717) is 36.2 Å². The largest absolute Gasteiger partial charge is 0.486 e. The van der Waals surface area contributed by atoms with Crippen molar-refractivity contribution in [2.24, 2.45) is 5.92 Å². The number of amides is 1. The summed E-state index contributed by atoms with van der Waals surface area (Å²) in [5, 5.41) is 9.12. The highest BCUT2D eigenvalue weighted by Gasteiger charge is 2.33. The van der Waals surface area contributed by atoms with Gasteiger partial charge in [0.25, 0.3) is 0 Å². The van der Waals surface area contributed by atoms with Gasteiger partial charge in [-0.3, -0.25) is 4.90 Å². The number of cyclic esters (lactones) is 1. The molecule has 0 radical (unpaired) electrons. The van der Waals surface area contributed by atoms with Gasteiger partial charge >= 0.3 is 6.09 Å². The van der Waals surface area contributed by atoms with Crippen molar-refractivity contribution in [2.45, 2.75) is 44.2 Å². The van der Waals surface area contributed by atoms with Crippen molar-refractivity contribution in [2.75, 3.05) is 39.4 Å². The van der Waals surface area contributed by atoms with E-state index in [1.807, 2.05) is 23.1 Å². The van der Waals surface area contributed by atoms with Gasteiger partial charge in [-0.25, -0.2) is 4.79 Å². The maximum atomic E-state index is 12.3. The Labute approximate surface area is 207 Å². The van der Waals surface area contributed by atoms with Crippen LogP contribution >= 0.6 is 0 Å². The number of carbonyl (C=O) groups excluding carboxylic acids is 1. The normalized spacial score (nSPS) is 22.6. The lowest BCUT2D eigenvalue weighted by atomic mass is 9.92. The zero-order valence-corrected chi connectivity index (χ0v) is 20.1. The number of likely N-dealkylation sites (tertiary alicyclic amines) is 1. The molecule has 2 aromatic rings. The molecule has 7 nitrogen and oxygen atoms in total.